The van der Waals surface area contributed by atoms with Crippen LogP contribution in [-0.4, -0.2) is 34.1 Å². The largest absolute Gasteiger partial charge is 0.511 e. The molecule has 144 valence electrons. The summed E-state index contributed by atoms with van der Waals surface area (Å²) < 4.78 is 5.29. The van der Waals surface area contributed by atoms with Crippen molar-refractivity contribution in [1.82, 2.24) is 5.16 Å². The highest BCUT2D eigenvalue weighted by atomic mass is 16.5. The molecule has 2 aliphatic carbocycles. The second-order valence-electron chi connectivity index (χ2n) is 8.04. The number of aliphatic hydroxyl groups is 1. The lowest BCUT2D eigenvalue weighted by atomic mass is 9.73. The standard InChI is InChI=1S/C21H26N2O4/c1-4-10-22-14-11-21(2,3)12-17(26)19(14)16(25)9-8-13-20-15(24)6-5-7-18(20)27-23-13/h4,25H,1,5-12H2,2-3H3/b19-16+,22-14?. The Morgan fingerprint density at radius 2 is 2.07 bits per heavy atom. The van der Waals surface area contributed by atoms with Crippen LogP contribution in [0.15, 0.2) is 33.5 Å². The molecule has 1 fully saturated rings. The Morgan fingerprint density at radius 1 is 1.30 bits per heavy atom. The molecule has 6 heteroatoms. The van der Waals surface area contributed by atoms with Crippen LogP contribution in [0.25, 0.3) is 0 Å². The van der Waals surface area contributed by atoms with E-state index in [0.29, 0.717) is 67.0 Å². The van der Waals surface area contributed by atoms with Crippen molar-refractivity contribution in [2.75, 3.05) is 6.54 Å². The number of hydrogen-bond donors (Lipinski definition) is 1. The molecule has 1 heterocycles. The molecule has 0 unspecified atom stereocenters. The van der Waals surface area contributed by atoms with Crippen molar-refractivity contribution < 1.29 is 19.2 Å². The van der Waals surface area contributed by atoms with E-state index in [9.17, 15) is 14.7 Å². The van der Waals surface area contributed by atoms with E-state index in [2.05, 4.69) is 16.7 Å². The Bertz CT molecular complexity index is 842. The number of aliphatic imine (C=N–C) groups is 1. The van der Waals surface area contributed by atoms with Crippen molar-refractivity contribution in [3.8, 4) is 0 Å². The van der Waals surface area contributed by atoms with Gasteiger partial charge in [0.25, 0.3) is 0 Å². The molecule has 27 heavy (non-hydrogen) atoms. The van der Waals surface area contributed by atoms with Gasteiger partial charge in [-0.2, -0.15) is 0 Å². The average molecular weight is 370 g/mol. The number of aromatic nitrogens is 1. The molecular weight excluding hydrogens is 344 g/mol. The number of aryl methyl sites for hydroxylation is 2. The van der Waals surface area contributed by atoms with E-state index < -0.39 is 0 Å². The van der Waals surface area contributed by atoms with Crippen LogP contribution in [0.4, 0.5) is 0 Å². The molecule has 1 N–H and O–H groups in total. The van der Waals surface area contributed by atoms with Crippen LogP contribution in [0.1, 0.15) is 67.8 Å². The third-order valence-electron chi connectivity index (χ3n) is 5.07. The fraction of sp³-hybridized carbons (Fsp3) is 0.524. The Hall–Kier alpha value is -2.50. The Morgan fingerprint density at radius 3 is 2.81 bits per heavy atom. The number of fused-ring (bicyclic) bond motifs is 1. The van der Waals surface area contributed by atoms with Gasteiger partial charge in [-0.15, -0.1) is 6.58 Å². The summed E-state index contributed by atoms with van der Waals surface area (Å²) in [5.41, 5.74) is 1.90. The van der Waals surface area contributed by atoms with E-state index in [-0.39, 0.29) is 29.2 Å². The summed E-state index contributed by atoms with van der Waals surface area (Å²) in [7, 11) is 0. The predicted molar refractivity (Wildman–Crippen MR) is 102 cm³/mol. The van der Waals surface area contributed by atoms with Crippen LogP contribution in [0.2, 0.25) is 0 Å². The quantitative estimate of drug-likeness (QED) is 0.481. The smallest absolute Gasteiger partial charge is 0.168 e. The summed E-state index contributed by atoms with van der Waals surface area (Å²) in [5.74, 6) is 0.601. The zero-order chi connectivity index (χ0) is 19.6. The maximum Gasteiger partial charge on any atom is 0.168 e. The van der Waals surface area contributed by atoms with E-state index in [0.717, 1.165) is 6.42 Å². The third-order valence-corrected chi connectivity index (χ3v) is 5.07. The third kappa shape index (κ3) is 4.10. The number of hydrogen-bond acceptors (Lipinski definition) is 6. The van der Waals surface area contributed by atoms with Gasteiger partial charge >= 0.3 is 0 Å². The van der Waals surface area contributed by atoms with Gasteiger partial charge in [0.15, 0.2) is 11.6 Å². The van der Waals surface area contributed by atoms with Crippen LogP contribution < -0.4 is 0 Å². The van der Waals surface area contributed by atoms with Crippen molar-refractivity contribution in [2.45, 2.75) is 58.8 Å². The number of rotatable bonds is 5. The second-order valence-corrected chi connectivity index (χ2v) is 8.04. The van der Waals surface area contributed by atoms with E-state index >= 15 is 0 Å². The summed E-state index contributed by atoms with van der Waals surface area (Å²) in [5, 5.41) is 14.7. The van der Waals surface area contributed by atoms with E-state index in [1.807, 2.05) is 13.8 Å². The highest BCUT2D eigenvalue weighted by Gasteiger charge is 2.36. The van der Waals surface area contributed by atoms with Crippen molar-refractivity contribution in [3.05, 3.63) is 41.0 Å². The van der Waals surface area contributed by atoms with Crippen LogP contribution >= 0.6 is 0 Å². The first-order valence-electron chi connectivity index (χ1n) is 9.43. The molecule has 0 saturated heterocycles. The normalized spacial score (nSPS) is 22.7. The molecule has 0 spiro atoms. The first-order valence-corrected chi connectivity index (χ1v) is 9.43. The lowest BCUT2D eigenvalue weighted by molar-refractivity contribution is -0.117. The maximum absolute atomic E-state index is 12.7. The number of nitrogens with zero attached hydrogens (tertiary/aromatic N) is 2. The molecule has 1 aromatic heterocycles. The van der Waals surface area contributed by atoms with E-state index in [4.69, 9.17) is 4.52 Å². The second kappa shape index (κ2) is 7.62. The van der Waals surface area contributed by atoms with Crippen molar-refractivity contribution in [3.63, 3.8) is 0 Å². The molecule has 1 aromatic rings. The van der Waals surface area contributed by atoms with Crippen LogP contribution in [-0.2, 0) is 17.6 Å². The summed E-state index contributed by atoms with van der Waals surface area (Å²) >= 11 is 0. The van der Waals surface area contributed by atoms with Gasteiger partial charge in [0.2, 0.25) is 0 Å². The number of allylic oxidation sites excluding steroid dienone is 2. The number of carbonyl (C=O) groups is 2. The Labute approximate surface area is 159 Å². The number of carbonyl (C=O) groups excluding carboxylic acids is 2. The first-order chi connectivity index (χ1) is 12.8. The minimum atomic E-state index is -0.182. The van der Waals surface area contributed by atoms with Gasteiger partial charge in [0.1, 0.15) is 11.5 Å². The highest BCUT2D eigenvalue weighted by molar-refractivity contribution is 6.24. The molecule has 3 rings (SSSR count). The van der Waals surface area contributed by atoms with Crippen molar-refractivity contribution in [2.24, 2.45) is 10.4 Å². The van der Waals surface area contributed by atoms with E-state index in [1.165, 1.54) is 0 Å². The maximum atomic E-state index is 12.7. The number of ketones is 2. The summed E-state index contributed by atoms with van der Waals surface area (Å²) in [6.07, 6.45) is 5.24. The summed E-state index contributed by atoms with van der Waals surface area (Å²) in [6, 6.07) is 0. The van der Waals surface area contributed by atoms with Gasteiger partial charge in [-0.25, -0.2) is 0 Å². The average Bonchev–Trinajstić information content (AvgIpc) is 3.01. The van der Waals surface area contributed by atoms with E-state index in [1.54, 1.807) is 6.08 Å². The minimum Gasteiger partial charge on any atom is -0.511 e. The fourth-order valence-corrected chi connectivity index (χ4v) is 3.84. The molecule has 1 saturated carbocycles. The van der Waals surface area contributed by atoms with Crippen LogP contribution in [0.5, 0.6) is 0 Å². The predicted octanol–water partition coefficient (Wildman–Crippen LogP) is 3.95. The molecule has 0 atom stereocenters. The van der Waals surface area contributed by atoms with Gasteiger partial charge < -0.3 is 9.63 Å². The van der Waals surface area contributed by atoms with Gasteiger partial charge in [-0.1, -0.05) is 25.1 Å². The molecule has 0 aliphatic heterocycles. The molecule has 6 nitrogen and oxygen atoms in total. The lowest BCUT2D eigenvalue weighted by Gasteiger charge is -2.31. The van der Waals surface area contributed by atoms with Crippen LogP contribution in [0, 0.1) is 5.41 Å². The molecular formula is C21H26N2O4. The van der Waals surface area contributed by atoms with Gasteiger partial charge in [0, 0.05) is 37.8 Å². The monoisotopic (exact) mass is 370 g/mol. The Kier molecular flexibility index (Phi) is 5.44. The zero-order valence-electron chi connectivity index (χ0n) is 16.0. The summed E-state index contributed by atoms with van der Waals surface area (Å²) in [4.78, 5) is 29.3. The molecule has 2 aliphatic rings. The zero-order valence-corrected chi connectivity index (χ0v) is 16.0. The van der Waals surface area contributed by atoms with Gasteiger partial charge in [0.05, 0.1) is 23.4 Å². The van der Waals surface area contributed by atoms with Gasteiger partial charge in [-0.3, -0.25) is 14.6 Å². The summed E-state index contributed by atoms with van der Waals surface area (Å²) in [6.45, 7) is 8.12. The number of Topliss-reactive ketones (excluding diaryl/α,β-unsaturated/α-hetero) is 2. The molecule has 0 aromatic carbocycles. The fourth-order valence-electron chi connectivity index (χ4n) is 3.84. The topological polar surface area (TPSA) is 92.8 Å². The van der Waals surface area contributed by atoms with Crippen molar-refractivity contribution >= 4 is 17.3 Å². The minimum absolute atomic E-state index is 0.0123. The van der Waals surface area contributed by atoms with Gasteiger partial charge in [-0.05, 0) is 18.3 Å². The molecule has 0 bridgehead atoms. The number of aliphatic hydroxyl groups excluding tert-OH is 1. The molecule has 0 amide bonds. The Balaban J connectivity index is 1.84. The SMILES string of the molecule is C=CCN=C1CC(C)(C)CC(=O)/C1=C(/O)CCc1noc2c1C(=O)CCC2. The van der Waals surface area contributed by atoms with Crippen molar-refractivity contribution in [1.29, 1.82) is 0 Å². The highest BCUT2D eigenvalue weighted by Crippen LogP contribution is 2.36. The first kappa shape index (κ1) is 19.3. The molecule has 0 radical (unpaired) electrons. The van der Waals surface area contributed by atoms with Crippen LogP contribution in [0.3, 0.4) is 0 Å². The lowest BCUT2D eigenvalue weighted by Crippen LogP contribution is -2.33.